The van der Waals surface area contributed by atoms with Gasteiger partial charge in [-0.3, -0.25) is 0 Å². The number of nitrogens with one attached hydrogen (secondary N) is 1. The first-order valence-electron chi connectivity index (χ1n) is 5.79. The molecule has 0 atom stereocenters. The van der Waals surface area contributed by atoms with Crippen molar-refractivity contribution < 1.29 is 9.13 Å². The fraction of sp³-hybridized carbons (Fsp3) is 0.462. The summed E-state index contributed by atoms with van der Waals surface area (Å²) < 4.78 is 18.6. The Kier molecular flexibility index (Phi) is 6.05. The van der Waals surface area contributed by atoms with Crippen LogP contribution in [-0.2, 0) is 4.74 Å². The second kappa shape index (κ2) is 7.64. The minimum atomic E-state index is -0.486. The third-order valence-corrected chi connectivity index (χ3v) is 2.23. The molecule has 0 aliphatic carbocycles. The zero-order valence-electron chi connectivity index (χ0n) is 10.0. The predicted octanol–water partition coefficient (Wildman–Crippen LogP) is 2.93. The Morgan fingerprint density at radius 1 is 1.41 bits per heavy atom. The minimum absolute atomic E-state index is 0.0711. The molecule has 1 N–H and O–H groups in total. The van der Waals surface area contributed by atoms with Gasteiger partial charge < -0.3 is 10.1 Å². The fourth-order valence-electron chi connectivity index (χ4n) is 1.37. The van der Waals surface area contributed by atoms with Crippen molar-refractivity contribution in [3.05, 3.63) is 29.6 Å². The van der Waals surface area contributed by atoms with Crippen LogP contribution in [0.5, 0.6) is 0 Å². The Hall–Kier alpha value is -1.60. The molecule has 0 heterocycles. The summed E-state index contributed by atoms with van der Waals surface area (Å²) in [5.41, 5.74) is 0.763. The number of rotatable bonds is 7. The number of nitrogens with zero attached hydrogens (tertiary/aromatic N) is 1. The van der Waals surface area contributed by atoms with Crippen LogP contribution < -0.4 is 5.32 Å². The molecule has 17 heavy (non-hydrogen) atoms. The van der Waals surface area contributed by atoms with Gasteiger partial charge in [-0.15, -0.1) is 0 Å². The van der Waals surface area contributed by atoms with Crippen molar-refractivity contribution in [1.29, 1.82) is 5.26 Å². The minimum Gasteiger partial charge on any atom is -0.385 e. The summed E-state index contributed by atoms with van der Waals surface area (Å²) in [7, 11) is 0. The summed E-state index contributed by atoms with van der Waals surface area (Å²) >= 11 is 0. The zero-order valence-corrected chi connectivity index (χ0v) is 10.0. The van der Waals surface area contributed by atoms with Gasteiger partial charge in [-0.05, 0) is 31.0 Å². The van der Waals surface area contributed by atoms with E-state index in [-0.39, 0.29) is 5.56 Å². The highest BCUT2D eigenvalue weighted by molar-refractivity contribution is 5.47. The van der Waals surface area contributed by atoms with Crippen molar-refractivity contribution >= 4 is 5.69 Å². The Morgan fingerprint density at radius 3 is 2.88 bits per heavy atom. The van der Waals surface area contributed by atoms with Crippen molar-refractivity contribution in [3.8, 4) is 6.07 Å². The quantitative estimate of drug-likeness (QED) is 0.740. The van der Waals surface area contributed by atoms with Crippen molar-refractivity contribution in [2.24, 2.45) is 0 Å². The highest BCUT2D eigenvalue weighted by atomic mass is 19.1. The van der Waals surface area contributed by atoms with Crippen LogP contribution in [0.1, 0.15) is 25.3 Å². The smallest absolute Gasteiger partial charge is 0.143 e. The van der Waals surface area contributed by atoms with E-state index in [1.807, 2.05) is 0 Å². The van der Waals surface area contributed by atoms with E-state index in [0.29, 0.717) is 12.3 Å². The second-order valence-corrected chi connectivity index (χ2v) is 3.70. The molecule has 1 aromatic rings. The Morgan fingerprint density at radius 2 is 2.24 bits per heavy atom. The average molecular weight is 236 g/mol. The Bertz CT molecular complexity index is 387. The van der Waals surface area contributed by atoms with Crippen molar-refractivity contribution in [3.63, 3.8) is 0 Å². The third kappa shape index (κ3) is 4.83. The molecule has 0 aliphatic heterocycles. The normalized spacial score (nSPS) is 9.94. The van der Waals surface area contributed by atoms with Crippen molar-refractivity contribution in [2.45, 2.75) is 19.8 Å². The van der Waals surface area contributed by atoms with Crippen LogP contribution in [0.2, 0.25) is 0 Å². The van der Waals surface area contributed by atoms with E-state index in [1.165, 1.54) is 12.1 Å². The maximum absolute atomic E-state index is 13.2. The van der Waals surface area contributed by atoms with E-state index in [1.54, 1.807) is 12.1 Å². The Balaban J connectivity index is 2.28. The van der Waals surface area contributed by atoms with Gasteiger partial charge in [0, 0.05) is 25.4 Å². The van der Waals surface area contributed by atoms with Gasteiger partial charge in [0.05, 0.1) is 5.56 Å². The topological polar surface area (TPSA) is 45.0 Å². The lowest BCUT2D eigenvalue weighted by atomic mass is 10.2. The maximum Gasteiger partial charge on any atom is 0.143 e. The zero-order chi connectivity index (χ0) is 12.5. The molecule has 0 saturated carbocycles. The first-order chi connectivity index (χ1) is 8.27. The molecule has 1 aromatic carbocycles. The molecule has 0 saturated heterocycles. The summed E-state index contributed by atoms with van der Waals surface area (Å²) in [6.07, 6.45) is 1.90. The molecule has 4 heteroatoms. The third-order valence-electron chi connectivity index (χ3n) is 2.23. The molecular formula is C13H17FN2O. The molecule has 92 valence electrons. The molecule has 1 rings (SSSR count). The first-order valence-corrected chi connectivity index (χ1v) is 5.79. The highest BCUT2D eigenvalue weighted by Gasteiger charge is 2.01. The van der Waals surface area contributed by atoms with E-state index in [4.69, 9.17) is 10.00 Å². The van der Waals surface area contributed by atoms with Crippen LogP contribution >= 0.6 is 0 Å². The standard InChI is InChI=1S/C13H17FN2O/c1-2-7-17-8-3-6-16-12-5-4-11(10-15)13(14)9-12/h4-5,9,16H,2-3,6-8H2,1H3. The van der Waals surface area contributed by atoms with Crippen LogP contribution in [0.4, 0.5) is 10.1 Å². The van der Waals surface area contributed by atoms with Gasteiger partial charge in [-0.1, -0.05) is 6.92 Å². The molecule has 0 bridgehead atoms. The van der Waals surface area contributed by atoms with Gasteiger partial charge in [-0.25, -0.2) is 4.39 Å². The van der Waals surface area contributed by atoms with E-state index in [9.17, 15) is 4.39 Å². The number of hydrogen-bond acceptors (Lipinski definition) is 3. The number of nitriles is 1. The number of hydrogen-bond donors (Lipinski definition) is 1. The number of ether oxygens (including phenoxy) is 1. The van der Waals surface area contributed by atoms with E-state index in [2.05, 4.69) is 12.2 Å². The molecule has 0 aliphatic rings. The van der Waals surface area contributed by atoms with Gasteiger partial charge in [0.1, 0.15) is 11.9 Å². The van der Waals surface area contributed by atoms with Crippen LogP contribution in [0.25, 0.3) is 0 Å². The number of benzene rings is 1. The lowest BCUT2D eigenvalue weighted by Gasteiger charge is -2.07. The SMILES string of the molecule is CCCOCCCNc1ccc(C#N)c(F)c1. The molecular weight excluding hydrogens is 219 g/mol. The van der Waals surface area contributed by atoms with E-state index < -0.39 is 5.82 Å². The number of anilines is 1. The van der Waals surface area contributed by atoms with Gasteiger partial charge in [0.15, 0.2) is 0 Å². The van der Waals surface area contributed by atoms with Gasteiger partial charge >= 0.3 is 0 Å². The summed E-state index contributed by atoms with van der Waals surface area (Å²) in [6, 6.07) is 6.31. The summed E-state index contributed by atoms with van der Waals surface area (Å²) in [5, 5.41) is 11.7. The molecule has 0 amide bonds. The fourth-order valence-corrected chi connectivity index (χ4v) is 1.37. The van der Waals surface area contributed by atoms with Crippen LogP contribution in [-0.4, -0.2) is 19.8 Å². The molecule has 0 spiro atoms. The number of halogens is 1. The predicted molar refractivity (Wildman–Crippen MR) is 65.3 cm³/mol. The van der Waals surface area contributed by atoms with E-state index >= 15 is 0 Å². The average Bonchev–Trinajstić information content (AvgIpc) is 2.34. The van der Waals surface area contributed by atoms with Gasteiger partial charge in [0.25, 0.3) is 0 Å². The van der Waals surface area contributed by atoms with Crippen LogP contribution in [0.3, 0.4) is 0 Å². The first kappa shape index (κ1) is 13.5. The highest BCUT2D eigenvalue weighted by Crippen LogP contribution is 2.13. The maximum atomic E-state index is 13.2. The van der Waals surface area contributed by atoms with Crippen LogP contribution in [0, 0.1) is 17.1 Å². The molecule has 0 radical (unpaired) electrons. The molecule has 0 aromatic heterocycles. The monoisotopic (exact) mass is 236 g/mol. The van der Waals surface area contributed by atoms with E-state index in [0.717, 1.165) is 26.0 Å². The summed E-state index contributed by atoms with van der Waals surface area (Å²) in [4.78, 5) is 0. The Labute approximate surface area is 101 Å². The second-order valence-electron chi connectivity index (χ2n) is 3.70. The summed E-state index contributed by atoms with van der Waals surface area (Å²) in [6.45, 7) is 4.29. The molecule has 3 nitrogen and oxygen atoms in total. The molecule has 0 unspecified atom stereocenters. The molecule has 0 fully saturated rings. The van der Waals surface area contributed by atoms with Crippen LogP contribution in [0.15, 0.2) is 18.2 Å². The lowest BCUT2D eigenvalue weighted by Crippen LogP contribution is -2.06. The largest absolute Gasteiger partial charge is 0.385 e. The van der Waals surface area contributed by atoms with Crippen molar-refractivity contribution in [2.75, 3.05) is 25.1 Å². The van der Waals surface area contributed by atoms with Gasteiger partial charge in [0.2, 0.25) is 0 Å². The van der Waals surface area contributed by atoms with Gasteiger partial charge in [-0.2, -0.15) is 5.26 Å². The lowest BCUT2D eigenvalue weighted by molar-refractivity contribution is 0.134. The van der Waals surface area contributed by atoms with Crippen molar-refractivity contribution in [1.82, 2.24) is 0 Å². The summed E-state index contributed by atoms with van der Waals surface area (Å²) in [5.74, 6) is -0.486.